The highest BCUT2D eigenvalue weighted by molar-refractivity contribution is 8.00. The Balaban J connectivity index is 2.83. The van der Waals surface area contributed by atoms with Gasteiger partial charge in [-0.2, -0.15) is 0 Å². The second-order valence-corrected chi connectivity index (χ2v) is 8.30. The van der Waals surface area contributed by atoms with Gasteiger partial charge in [-0.3, -0.25) is 4.79 Å². The number of rotatable bonds is 3. The van der Waals surface area contributed by atoms with Crippen molar-refractivity contribution in [2.75, 3.05) is 0 Å². The van der Waals surface area contributed by atoms with Crippen LogP contribution in [0.25, 0.3) is 0 Å². The van der Waals surface area contributed by atoms with E-state index in [1.165, 1.54) is 6.33 Å². The lowest BCUT2D eigenvalue weighted by Crippen LogP contribution is -2.46. The van der Waals surface area contributed by atoms with E-state index in [4.69, 9.17) is 34.8 Å². The highest BCUT2D eigenvalue weighted by Gasteiger charge is 2.37. The van der Waals surface area contributed by atoms with Crippen LogP contribution in [0.4, 0.5) is 0 Å². The van der Waals surface area contributed by atoms with Crippen LogP contribution in [0.15, 0.2) is 23.6 Å². The van der Waals surface area contributed by atoms with Crippen LogP contribution in [-0.2, 0) is 4.79 Å². The minimum absolute atomic E-state index is 0.203. The summed E-state index contributed by atoms with van der Waals surface area (Å²) in [5, 5.41) is 2.59. The predicted octanol–water partition coefficient (Wildman–Crippen LogP) is 3.43. The zero-order valence-corrected chi connectivity index (χ0v) is 13.7. The molecule has 0 saturated heterocycles. The van der Waals surface area contributed by atoms with Gasteiger partial charge in [-0.05, 0) is 6.07 Å². The van der Waals surface area contributed by atoms with E-state index >= 15 is 0 Å². The Morgan fingerprint density at radius 1 is 1.37 bits per heavy atom. The van der Waals surface area contributed by atoms with Gasteiger partial charge in [0.2, 0.25) is 9.70 Å². The molecule has 1 rings (SSSR count). The highest BCUT2D eigenvalue weighted by Crippen LogP contribution is 2.39. The van der Waals surface area contributed by atoms with E-state index in [2.05, 4.69) is 15.3 Å². The first kappa shape index (κ1) is 16.8. The van der Waals surface area contributed by atoms with Crippen LogP contribution < -0.4 is 5.32 Å². The SMILES string of the molecule is CC(C)(C)C(=O)N[C@@H](Sc1ccncn1)C(Cl)(Cl)Cl. The van der Waals surface area contributed by atoms with Gasteiger partial charge >= 0.3 is 0 Å². The van der Waals surface area contributed by atoms with Crippen LogP contribution >= 0.6 is 46.6 Å². The molecule has 0 unspecified atom stereocenters. The molecule has 106 valence electrons. The minimum Gasteiger partial charge on any atom is -0.339 e. The molecule has 1 amide bonds. The number of alkyl halides is 3. The second kappa shape index (κ2) is 6.48. The van der Waals surface area contributed by atoms with Crippen LogP contribution in [0.1, 0.15) is 20.8 Å². The van der Waals surface area contributed by atoms with Crippen LogP contribution in [0.3, 0.4) is 0 Å². The number of amides is 1. The number of thioether (sulfide) groups is 1. The standard InChI is InChI=1S/C11H14Cl3N3OS/c1-10(2,3)8(18)17-9(11(12,13)14)19-7-4-5-15-6-16-7/h4-6,9H,1-3H3,(H,17,18)/t9-/m0/s1. The predicted molar refractivity (Wildman–Crippen MR) is 79.6 cm³/mol. The van der Waals surface area contributed by atoms with Crippen molar-refractivity contribution in [3.8, 4) is 0 Å². The number of carbonyl (C=O) groups excluding carboxylic acids is 1. The number of hydrogen-bond donors (Lipinski definition) is 1. The molecule has 1 heterocycles. The number of halogens is 3. The Hall–Kier alpha value is -0.230. The first-order chi connectivity index (χ1) is 8.60. The molecule has 1 atom stereocenters. The largest absolute Gasteiger partial charge is 0.339 e. The normalized spacial score (nSPS) is 14.0. The molecule has 1 aromatic rings. The molecule has 1 aromatic heterocycles. The molecule has 0 radical (unpaired) electrons. The van der Waals surface area contributed by atoms with Crippen molar-refractivity contribution in [3.05, 3.63) is 18.6 Å². The molecule has 8 heteroatoms. The summed E-state index contributed by atoms with van der Waals surface area (Å²) in [5.41, 5.74) is -0.569. The van der Waals surface area contributed by atoms with E-state index in [9.17, 15) is 4.79 Å². The fourth-order valence-electron chi connectivity index (χ4n) is 0.983. The van der Waals surface area contributed by atoms with E-state index in [0.29, 0.717) is 5.03 Å². The third kappa shape index (κ3) is 5.73. The maximum Gasteiger partial charge on any atom is 0.226 e. The molecule has 0 fully saturated rings. The fraction of sp³-hybridized carbons (Fsp3) is 0.545. The van der Waals surface area contributed by atoms with Crippen molar-refractivity contribution < 1.29 is 4.79 Å². The maximum absolute atomic E-state index is 12.0. The van der Waals surface area contributed by atoms with Gasteiger partial charge in [-0.25, -0.2) is 9.97 Å². The first-order valence-corrected chi connectivity index (χ1v) is 7.42. The summed E-state index contributed by atoms with van der Waals surface area (Å²) in [6.07, 6.45) is 2.97. The molecule has 0 saturated carbocycles. The Bertz CT molecular complexity index is 431. The van der Waals surface area contributed by atoms with Gasteiger partial charge in [0, 0.05) is 11.6 Å². The molecule has 0 aliphatic heterocycles. The van der Waals surface area contributed by atoms with Crippen molar-refractivity contribution in [1.82, 2.24) is 15.3 Å². The minimum atomic E-state index is -1.64. The average Bonchev–Trinajstić information content (AvgIpc) is 2.27. The summed E-state index contributed by atoms with van der Waals surface area (Å²) in [6, 6.07) is 1.68. The molecular formula is C11H14Cl3N3OS. The Morgan fingerprint density at radius 2 is 2.00 bits per heavy atom. The van der Waals surface area contributed by atoms with Crippen molar-refractivity contribution in [3.63, 3.8) is 0 Å². The first-order valence-electron chi connectivity index (χ1n) is 5.41. The molecule has 1 N–H and O–H groups in total. The lowest BCUT2D eigenvalue weighted by atomic mass is 9.96. The smallest absolute Gasteiger partial charge is 0.226 e. The highest BCUT2D eigenvalue weighted by atomic mass is 35.6. The molecule has 0 bridgehead atoms. The monoisotopic (exact) mass is 341 g/mol. The van der Waals surface area contributed by atoms with E-state index in [0.717, 1.165) is 11.8 Å². The zero-order valence-electron chi connectivity index (χ0n) is 10.7. The summed E-state index contributed by atoms with van der Waals surface area (Å²) in [5.74, 6) is -0.203. The third-order valence-corrected chi connectivity index (χ3v) is 4.27. The number of carbonyl (C=O) groups is 1. The molecule has 19 heavy (non-hydrogen) atoms. The van der Waals surface area contributed by atoms with E-state index in [-0.39, 0.29) is 5.91 Å². The topological polar surface area (TPSA) is 54.9 Å². The van der Waals surface area contributed by atoms with Gasteiger partial charge in [0.1, 0.15) is 16.7 Å². The summed E-state index contributed by atoms with van der Waals surface area (Å²) in [7, 11) is 0. The summed E-state index contributed by atoms with van der Waals surface area (Å²) < 4.78 is -1.64. The van der Waals surface area contributed by atoms with E-state index in [1.54, 1.807) is 33.0 Å². The zero-order chi connectivity index (χ0) is 14.7. The lowest BCUT2D eigenvalue weighted by molar-refractivity contribution is -0.128. The third-order valence-electron chi connectivity index (χ3n) is 2.03. The van der Waals surface area contributed by atoms with Gasteiger partial charge in [-0.15, -0.1) is 0 Å². The second-order valence-electron chi connectivity index (χ2n) is 4.81. The van der Waals surface area contributed by atoms with Gasteiger partial charge in [0.05, 0.1) is 0 Å². The number of aromatic nitrogens is 2. The number of hydrogen-bond acceptors (Lipinski definition) is 4. The molecule has 0 spiro atoms. The molecule has 4 nitrogen and oxygen atoms in total. The van der Waals surface area contributed by atoms with Crippen LogP contribution in [0.2, 0.25) is 0 Å². The molecule has 0 aliphatic rings. The van der Waals surface area contributed by atoms with Crippen LogP contribution in [0, 0.1) is 5.41 Å². The van der Waals surface area contributed by atoms with Gasteiger partial charge in [0.15, 0.2) is 0 Å². The molecule has 0 aromatic carbocycles. The van der Waals surface area contributed by atoms with E-state index in [1.807, 2.05) is 0 Å². The average molecular weight is 343 g/mol. The Kier molecular flexibility index (Phi) is 5.74. The number of nitrogens with zero attached hydrogens (tertiary/aromatic N) is 2. The molecular weight excluding hydrogens is 329 g/mol. The summed E-state index contributed by atoms with van der Waals surface area (Å²) in [4.78, 5) is 19.8. The lowest BCUT2D eigenvalue weighted by Gasteiger charge is -2.28. The Labute approximate surface area is 131 Å². The van der Waals surface area contributed by atoms with Crippen LogP contribution in [0.5, 0.6) is 0 Å². The maximum atomic E-state index is 12.0. The summed E-state index contributed by atoms with van der Waals surface area (Å²) in [6.45, 7) is 5.35. The summed E-state index contributed by atoms with van der Waals surface area (Å²) >= 11 is 18.8. The molecule has 0 aliphatic carbocycles. The van der Waals surface area contributed by atoms with Crippen molar-refractivity contribution >= 4 is 52.5 Å². The van der Waals surface area contributed by atoms with Gasteiger partial charge < -0.3 is 5.32 Å². The number of nitrogens with one attached hydrogen (secondary N) is 1. The van der Waals surface area contributed by atoms with Crippen molar-refractivity contribution in [2.45, 2.75) is 35.0 Å². The van der Waals surface area contributed by atoms with E-state index < -0.39 is 14.6 Å². The van der Waals surface area contributed by atoms with Crippen LogP contribution in [-0.4, -0.2) is 25.0 Å². The van der Waals surface area contributed by atoms with Gasteiger partial charge in [0.25, 0.3) is 0 Å². The van der Waals surface area contributed by atoms with Gasteiger partial charge in [-0.1, -0.05) is 67.3 Å². The quantitative estimate of drug-likeness (QED) is 0.396. The Morgan fingerprint density at radius 3 is 2.42 bits per heavy atom. The van der Waals surface area contributed by atoms with Crippen molar-refractivity contribution in [2.24, 2.45) is 5.41 Å². The van der Waals surface area contributed by atoms with Crippen molar-refractivity contribution in [1.29, 1.82) is 0 Å². The fourth-order valence-corrected chi connectivity index (χ4v) is 2.34.